The molecule has 112 valence electrons. The molecule has 0 bridgehead atoms. The second-order valence-electron chi connectivity index (χ2n) is 4.67. The van der Waals surface area contributed by atoms with E-state index in [0.29, 0.717) is 18.9 Å². The van der Waals surface area contributed by atoms with Crippen LogP contribution in [-0.2, 0) is 11.3 Å². The van der Waals surface area contributed by atoms with Crippen LogP contribution in [0, 0.1) is 0 Å². The van der Waals surface area contributed by atoms with Crippen molar-refractivity contribution in [3.8, 4) is 11.5 Å². The number of phenols is 1. The van der Waals surface area contributed by atoms with Crippen molar-refractivity contribution in [3.05, 3.63) is 23.8 Å². The topological polar surface area (TPSA) is 71.0 Å². The molecule has 0 saturated heterocycles. The van der Waals surface area contributed by atoms with Gasteiger partial charge >= 0.3 is 6.03 Å². The van der Waals surface area contributed by atoms with Crippen LogP contribution in [0.25, 0.3) is 0 Å². The number of amides is 2. The van der Waals surface area contributed by atoms with Crippen LogP contribution in [0.5, 0.6) is 11.5 Å². The van der Waals surface area contributed by atoms with Crippen LogP contribution in [0.1, 0.15) is 12.5 Å². The van der Waals surface area contributed by atoms with Gasteiger partial charge in [0.2, 0.25) is 0 Å². The largest absolute Gasteiger partial charge is 0.504 e. The summed E-state index contributed by atoms with van der Waals surface area (Å²) in [4.78, 5) is 13.4. The highest BCUT2D eigenvalue weighted by Gasteiger charge is 2.13. The number of benzene rings is 1. The summed E-state index contributed by atoms with van der Waals surface area (Å²) in [5.74, 6) is 0.473. The third-order valence-corrected chi connectivity index (χ3v) is 2.80. The highest BCUT2D eigenvalue weighted by Crippen LogP contribution is 2.26. The fraction of sp³-hybridized carbons (Fsp3) is 0.500. The molecule has 0 fully saturated rings. The number of hydrogen-bond donors (Lipinski definition) is 2. The molecule has 0 saturated carbocycles. The van der Waals surface area contributed by atoms with Gasteiger partial charge in [0.1, 0.15) is 0 Å². The Balaban J connectivity index is 2.59. The first-order valence-electron chi connectivity index (χ1n) is 6.34. The van der Waals surface area contributed by atoms with E-state index in [1.54, 1.807) is 32.4 Å². The Hall–Kier alpha value is -1.95. The molecule has 1 atom stereocenters. The van der Waals surface area contributed by atoms with Gasteiger partial charge in [0.25, 0.3) is 0 Å². The summed E-state index contributed by atoms with van der Waals surface area (Å²) in [6.45, 7) is 2.72. The maximum absolute atomic E-state index is 11.9. The predicted molar refractivity (Wildman–Crippen MR) is 76.0 cm³/mol. The van der Waals surface area contributed by atoms with Crippen LogP contribution in [0.4, 0.5) is 4.79 Å². The smallest absolute Gasteiger partial charge is 0.317 e. The van der Waals surface area contributed by atoms with Crippen LogP contribution in [0.15, 0.2) is 18.2 Å². The van der Waals surface area contributed by atoms with Gasteiger partial charge < -0.3 is 24.8 Å². The normalized spacial score (nSPS) is 11.8. The first-order valence-corrected chi connectivity index (χ1v) is 6.34. The highest BCUT2D eigenvalue weighted by molar-refractivity contribution is 5.74. The quantitative estimate of drug-likeness (QED) is 0.831. The Kier molecular flexibility index (Phi) is 6.11. The molecule has 0 aliphatic rings. The average Bonchev–Trinajstić information content (AvgIpc) is 2.39. The number of carbonyl (C=O) groups excluding carboxylic acids is 1. The minimum absolute atomic E-state index is 0.0563. The molecule has 0 radical (unpaired) electrons. The number of aromatic hydroxyl groups is 1. The first kappa shape index (κ1) is 16.1. The number of urea groups is 1. The maximum Gasteiger partial charge on any atom is 0.317 e. The lowest BCUT2D eigenvalue weighted by molar-refractivity contribution is 0.162. The van der Waals surface area contributed by atoms with Crippen molar-refractivity contribution >= 4 is 6.03 Å². The monoisotopic (exact) mass is 282 g/mol. The molecule has 2 amide bonds. The third-order valence-electron chi connectivity index (χ3n) is 2.80. The van der Waals surface area contributed by atoms with Gasteiger partial charge in [0, 0.05) is 20.7 Å². The van der Waals surface area contributed by atoms with Gasteiger partial charge in [-0.1, -0.05) is 6.07 Å². The zero-order valence-corrected chi connectivity index (χ0v) is 12.3. The van der Waals surface area contributed by atoms with Gasteiger partial charge in [-0.15, -0.1) is 0 Å². The second kappa shape index (κ2) is 7.59. The first-order chi connectivity index (χ1) is 9.47. The fourth-order valence-corrected chi connectivity index (χ4v) is 1.79. The summed E-state index contributed by atoms with van der Waals surface area (Å²) >= 11 is 0. The molecule has 20 heavy (non-hydrogen) atoms. The Bertz CT molecular complexity index is 451. The van der Waals surface area contributed by atoms with Crippen LogP contribution in [0.2, 0.25) is 0 Å². The van der Waals surface area contributed by atoms with Crippen LogP contribution >= 0.6 is 0 Å². The van der Waals surface area contributed by atoms with E-state index < -0.39 is 0 Å². The lowest BCUT2D eigenvalue weighted by Gasteiger charge is -2.21. The summed E-state index contributed by atoms with van der Waals surface area (Å²) in [5.41, 5.74) is 0.820. The molecule has 1 aromatic rings. The SMILES string of the molecule is COCC(C)NC(=O)N(C)Cc1ccc(OC)c(O)c1. The maximum atomic E-state index is 11.9. The number of rotatable bonds is 6. The molecule has 1 aromatic carbocycles. The van der Waals surface area contributed by atoms with Crippen molar-refractivity contribution < 1.29 is 19.4 Å². The average molecular weight is 282 g/mol. The molecule has 2 N–H and O–H groups in total. The Morgan fingerprint density at radius 2 is 2.15 bits per heavy atom. The minimum Gasteiger partial charge on any atom is -0.504 e. The van der Waals surface area contributed by atoms with Crippen molar-refractivity contribution in [3.63, 3.8) is 0 Å². The molecular weight excluding hydrogens is 260 g/mol. The molecule has 0 heterocycles. The van der Waals surface area contributed by atoms with E-state index >= 15 is 0 Å². The van der Waals surface area contributed by atoms with E-state index in [4.69, 9.17) is 9.47 Å². The lowest BCUT2D eigenvalue weighted by Crippen LogP contribution is -2.43. The summed E-state index contributed by atoms with van der Waals surface area (Å²) in [6.07, 6.45) is 0. The van der Waals surface area contributed by atoms with Gasteiger partial charge in [-0.2, -0.15) is 0 Å². The summed E-state index contributed by atoms with van der Waals surface area (Å²) < 4.78 is 9.94. The molecule has 1 unspecified atom stereocenters. The van der Waals surface area contributed by atoms with E-state index in [1.165, 1.54) is 12.0 Å². The minimum atomic E-state index is -0.190. The summed E-state index contributed by atoms with van der Waals surface area (Å²) in [7, 11) is 4.77. The number of ether oxygens (including phenoxy) is 2. The number of phenolic OH excluding ortho intramolecular Hbond substituents is 1. The number of carbonyl (C=O) groups is 1. The van der Waals surface area contributed by atoms with Crippen molar-refractivity contribution in [2.75, 3.05) is 27.9 Å². The van der Waals surface area contributed by atoms with Gasteiger partial charge in [0.05, 0.1) is 19.8 Å². The molecule has 6 nitrogen and oxygen atoms in total. The molecule has 0 aliphatic carbocycles. The Morgan fingerprint density at radius 1 is 1.45 bits per heavy atom. The standard InChI is InChI=1S/C14H22N2O4/c1-10(9-19-3)15-14(18)16(2)8-11-5-6-13(20-4)12(17)7-11/h5-7,10,17H,8-9H2,1-4H3,(H,15,18). The Labute approximate surface area is 119 Å². The van der Waals surface area contributed by atoms with Crippen molar-refractivity contribution in [1.82, 2.24) is 10.2 Å². The van der Waals surface area contributed by atoms with E-state index in [0.717, 1.165) is 5.56 Å². The number of nitrogens with zero attached hydrogens (tertiary/aromatic N) is 1. The second-order valence-corrected chi connectivity index (χ2v) is 4.67. The molecule has 1 rings (SSSR count). The van der Waals surface area contributed by atoms with E-state index in [1.807, 2.05) is 6.92 Å². The summed E-state index contributed by atoms with van der Waals surface area (Å²) in [6, 6.07) is 4.82. The van der Waals surface area contributed by atoms with Gasteiger partial charge in [-0.25, -0.2) is 4.79 Å². The van der Waals surface area contributed by atoms with E-state index in [9.17, 15) is 9.90 Å². The van der Waals surface area contributed by atoms with Crippen molar-refractivity contribution in [2.45, 2.75) is 19.5 Å². The number of hydrogen-bond acceptors (Lipinski definition) is 4. The lowest BCUT2D eigenvalue weighted by atomic mass is 10.2. The fourth-order valence-electron chi connectivity index (χ4n) is 1.79. The molecule has 6 heteroatoms. The molecule has 0 aliphatic heterocycles. The zero-order chi connectivity index (χ0) is 15.1. The van der Waals surface area contributed by atoms with Gasteiger partial charge in [0.15, 0.2) is 11.5 Å². The highest BCUT2D eigenvalue weighted by atomic mass is 16.5. The van der Waals surface area contributed by atoms with Gasteiger partial charge in [-0.3, -0.25) is 0 Å². The van der Waals surface area contributed by atoms with Crippen LogP contribution in [0.3, 0.4) is 0 Å². The van der Waals surface area contributed by atoms with Crippen molar-refractivity contribution in [1.29, 1.82) is 0 Å². The van der Waals surface area contributed by atoms with E-state index in [-0.39, 0.29) is 17.8 Å². The van der Waals surface area contributed by atoms with E-state index in [2.05, 4.69) is 5.32 Å². The number of methoxy groups -OCH3 is 2. The zero-order valence-electron chi connectivity index (χ0n) is 12.3. The molecular formula is C14H22N2O4. The van der Waals surface area contributed by atoms with Gasteiger partial charge in [-0.05, 0) is 24.6 Å². The van der Waals surface area contributed by atoms with Crippen molar-refractivity contribution in [2.24, 2.45) is 0 Å². The molecule has 0 spiro atoms. The predicted octanol–water partition coefficient (Wildman–Crippen LogP) is 1.58. The third kappa shape index (κ3) is 4.62. The number of nitrogens with one attached hydrogen (secondary N) is 1. The van der Waals surface area contributed by atoms with Crippen LogP contribution in [-0.4, -0.2) is 50.0 Å². The molecule has 0 aromatic heterocycles. The van der Waals surface area contributed by atoms with Crippen LogP contribution < -0.4 is 10.1 Å². The Morgan fingerprint density at radius 3 is 2.70 bits per heavy atom. The summed E-state index contributed by atoms with van der Waals surface area (Å²) in [5, 5.41) is 12.5.